The third kappa shape index (κ3) is 6.19. The molecular formula is C26H34N2O2. The number of hydrogen-bond acceptors (Lipinski definition) is 2. The molecule has 1 atom stereocenters. The van der Waals surface area contributed by atoms with Crippen molar-refractivity contribution < 1.29 is 9.59 Å². The largest absolute Gasteiger partial charge is 0.352 e. The highest BCUT2D eigenvalue weighted by molar-refractivity contribution is 5.88. The fourth-order valence-corrected chi connectivity index (χ4v) is 4.19. The summed E-state index contributed by atoms with van der Waals surface area (Å²) in [7, 11) is 0. The number of rotatable bonds is 8. The maximum absolute atomic E-state index is 13.4. The zero-order valence-electron chi connectivity index (χ0n) is 18.3. The number of amides is 2. The van der Waals surface area contributed by atoms with Gasteiger partial charge in [-0.05, 0) is 30.9 Å². The first-order chi connectivity index (χ1) is 14.6. The van der Waals surface area contributed by atoms with Crippen LogP contribution in [0.15, 0.2) is 54.6 Å². The van der Waals surface area contributed by atoms with Crippen molar-refractivity contribution in [2.45, 2.75) is 77.4 Å². The van der Waals surface area contributed by atoms with E-state index in [0.29, 0.717) is 19.4 Å². The fraction of sp³-hybridized carbons (Fsp3) is 0.462. The van der Waals surface area contributed by atoms with E-state index in [2.05, 4.69) is 24.4 Å². The van der Waals surface area contributed by atoms with Gasteiger partial charge in [0.05, 0.1) is 0 Å². The summed E-state index contributed by atoms with van der Waals surface area (Å²) < 4.78 is 0. The Morgan fingerprint density at radius 2 is 1.63 bits per heavy atom. The fourth-order valence-electron chi connectivity index (χ4n) is 4.19. The quantitative estimate of drug-likeness (QED) is 0.685. The normalized spacial score (nSPS) is 15.4. The van der Waals surface area contributed by atoms with Crippen LogP contribution in [-0.2, 0) is 22.6 Å². The van der Waals surface area contributed by atoms with Gasteiger partial charge in [0, 0.05) is 25.4 Å². The Kier molecular flexibility index (Phi) is 8.06. The molecule has 4 nitrogen and oxygen atoms in total. The maximum Gasteiger partial charge on any atom is 0.243 e. The van der Waals surface area contributed by atoms with Gasteiger partial charge in [0.15, 0.2) is 0 Å². The van der Waals surface area contributed by atoms with Crippen LogP contribution in [0.5, 0.6) is 0 Å². The summed E-state index contributed by atoms with van der Waals surface area (Å²) in [5.41, 5.74) is 3.30. The van der Waals surface area contributed by atoms with E-state index in [0.717, 1.165) is 36.8 Å². The molecule has 0 aliphatic heterocycles. The summed E-state index contributed by atoms with van der Waals surface area (Å²) in [6, 6.07) is 17.9. The van der Waals surface area contributed by atoms with Crippen LogP contribution in [0.4, 0.5) is 0 Å². The zero-order chi connectivity index (χ0) is 21.3. The van der Waals surface area contributed by atoms with Gasteiger partial charge in [0.25, 0.3) is 0 Å². The Hall–Kier alpha value is -2.62. The van der Waals surface area contributed by atoms with Gasteiger partial charge in [-0.1, -0.05) is 86.3 Å². The number of nitrogens with zero attached hydrogens (tertiary/aromatic N) is 1. The monoisotopic (exact) mass is 406 g/mol. The van der Waals surface area contributed by atoms with E-state index in [1.54, 1.807) is 4.90 Å². The van der Waals surface area contributed by atoms with Crippen LogP contribution in [0.25, 0.3) is 0 Å². The molecule has 0 heterocycles. The minimum Gasteiger partial charge on any atom is -0.352 e. The molecule has 0 radical (unpaired) electrons. The number of nitrogens with one attached hydrogen (secondary N) is 1. The van der Waals surface area contributed by atoms with E-state index >= 15 is 0 Å². The predicted octanol–water partition coefficient (Wildman–Crippen LogP) is 4.79. The number of carbonyl (C=O) groups is 2. The van der Waals surface area contributed by atoms with Crippen LogP contribution < -0.4 is 5.32 Å². The van der Waals surface area contributed by atoms with Gasteiger partial charge >= 0.3 is 0 Å². The van der Waals surface area contributed by atoms with E-state index < -0.39 is 6.04 Å². The van der Waals surface area contributed by atoms with Crippen LogP contribution in [0.3, 0.4) is 0 Å². The highest BCUT2D eigenvalue weighted by Gasteiger charge is 2.31. The summed E-state index contributed by atoms with van der Waals surface area (Å²) in [4.78, 5) is 28.1. The van der Waals surface area contributed by atoms with E-state index in [-0.39, 0.29) is 17.9 Å². The van der Waals surface area contributed by atoms with E-state index in [1.165, 1.54) is 12.0 Å². The molecule has 1 saturated carbocycles. The lowest BCUT2D eigenvalue weighted by Gasteiger charge is -2.33. The Labute approximate surface area is 180 Å². The molecule has 0 bridgehead atoms. The zero-order valence-corrected chi connectivity index (χ0v) is 18.3. The molecule has 0 spiro atoms. The van der Waals surface area contributed by atoms with Gasteiger partial charge in [0.1, 0.15) is 6.04 Å². The van der Waals surface area contributed by atoms with Crippen molar-refractivity contribution in [3.63, 3.8) is 0 Å². The second kappa shape index (κ2) is 11.0. The molecule has 30 heavy (non-hydrogen) atoms. The molecule has 0 unspecified atom stereocenters. The molecule has 0 aromatic heterocycles. The molecule has 160 valence electrons. The SMILES string of the molecule is CCC(=O)N(Cc1ccc(C)cc1)[C@H](Cc1ccccc1)C(=O)NC1CCCCC1. The molecule has 1 N–H and O–H groups in total. The number of aryl methyl sites for hydroxylation is 1. The van der Waals surface area contributed by atoms with Gasteiger partial charge in [-0.3, -0.25) is 9.59 Å². The second-order valence-corrected chi connectivity index (χ2v) is 8.41. The predicted molar refractivity (Wildman–Crippen MR) is 121 cm³/mol. The third-order valence-electron chi connectivity index (χ3n) is 6.00. The van der Waals surface area contributed by atoms with Crippen LogP contribution >= 0.6 is 0 Å². The van der Waals surface area contributed by atoms with Crippen LogP contribution in [0.2, 0.25) is 0 Å². The number of benzene rings is 2. The minimum absolute atomic E-state index is 0.00954. The van der Waals surface area contributed by atoms with Crippen molar-refractivity contribution in [1.29, 1.82) is 0 Å². The molecule has 1 aliphatic carbocycles. The van der Waals surface area contributed by atoms with Crippen molar-refractivity contribution >= 4 is 11.8 Å². The highest BCUT2D eigenvalue weighted by atomic mass is 16.2. The lowest BCUT2D eigenvalue weighted by Crippen LogP contribution is -2.52. The van der Waals surface area contributed by atoms with Gasteiger partial charge in [0.2, 0.25) is 11.8 Å². The number of carbonyl (C=O) groups excluding carboxylic acids is 2. The minimum atomic E-state index is -0.511. The Morgan fingerprint density at radius 1 is 0.967 bits per heavy atom. The van der Waals surface area contributed by atoms with E-state index in [9.17, 15) is 9.59 Å². The molecule has 2 aromatic rings. The molecular weight excluding hydrogens is 372 g/mol. The summed E-state index contributed by atoms with van der Waals surface area (Å²) in [5, 5.41) is 3.26. The molecule has 1 fully saturated rings. The smallest absolute Gasteiger partial charge is 0.243 e. The average molecular weight is 407 g/mol. The first kappa shape index (κ1) is 22.1. The molecule has 0 saturated heterocycles. The second-order valence-electron chi connectivity index (χ2n) is 8.41. The molecule has 3 rings (SSSR count). The Bertz CT molecular complexity index is 811. The first-order valence-corrected chi connectivity index (χ1v) is 11.3. The highest BCUT2D eigenvalue weighted by Crippen LogP contribution is 2.20. The summed E-state index contributed by atoms with van der Waals surface area (Å²) in [6.07, 6.45) is 6.54. The van der Waals surface area contributed by atoms with Crippen molar-refractivity contribution in [2.24, 2.45) is 0 Å². The van der Waals surface area contributed by atoms with Crippen LogP contribution in [-0.4, -0.2) is 28.8 Å². The van der Waals surface area contributed by atoms with E-state index in [1.807, 2.05) is 49.4 Å². The lowest BCUT2D eigenvalue weighted by atomic mass is 9.94. The number of hydrogen-bond donors (Lipinski definition) is 1. The Balaban J connectivity index is 1.85. The van der Waals surface area contributed by atoms with Crippen molar-refractivity contribution in [1.82, 2.24) is 10.2 Å². The van der Waals surface area contributed by atoms with E-state index in [4.69, 9.17) is 0 Å². The van der Waals surface area contributed by atoms with Crippen molar-refractivity contribution in [3.05, 3.63) is 71.3 Å². The van der Waals surface area contributed by atoms with Gasteiger partial charge < -0.3 is 10.2 Å². The third-order valence-corrected chi connectivity index (χ3v) is 6.00. The van der Waals surface area contributed by atoms with Crippen LogP contribution in [0.1, 0.15) is 62.1 Å². The Morgan fingerprint density at radius 3 is 2.27 bits per heavy atom. The molecule has 1 aliphatic rings. The summed E-state index contributed by atoms with van der Waals surface area (Å²) in [6.45, 7) is 4.36. The maximum atomic E-state index is 13.4. The summed E-state index contributed by atoms with van der Waals surface area (Å²) in [5.74, 6) is -0.0186. The van der Waals surface area contributed by atoms with Gasteiger partial charge in [-0.15, -0.1) is 0 Å². The van der Waals surface area contributed by atoms with Crippen molar-refractivity contribution in [2.75, 3.05) is 0 Å². The lowest BCUT2D eigenvalue weighted by molar-refractivity contribution is -0.141. The average Bonchev–Trinajstić information content (AvgIpc) is 2.78. The first-order valence-electron chi connectivity index (χ1n) is 11.3. The topological polar surface area (TPSA) is 49.4 Å². The molecule has 4 heteroatoms. The molecule has 2 amide bonds. The molecule has 2 aromatic carbocycles. The van der Waals surface area contributed by atoms with Crippen LogP contribution in [0, 0.1) is 6.92 Å². The standard InChI is InChI=1S/C26H34N2O2/c1-3-25(29)28(19-22-16-14-20(2)15-17-22)24(18-21-10-6-4-7-11-21)26(30)27-23-12-8-5-9-13-23/h4,6-7,10-11,14-17,23-24H,3,5,8-9,12-13,18-19H2,1-2H3,(H,27,30)/t24-/m1/s1. The van der Waals surface area contributed by atoms with Gasteiger partial charge in [-0.2, -0.15) is 0 Å². The van der Waals surface area contributed by atoms with Crippen molar-refractivity contribution in [3.8, 4) is 0 Å². The summed E-state index contributed by atoms with van der Waals surface area (Å²) >= 11 is 0. The van der Waals surface area contributed by atoms with Gasteiger partial charge in [-0.25, -0.2) is 0 Å².